The van der Waals surface area contributed by atoms with E-state index in [0.717, 1.165) is 16.7 Å². The lowest BCUT2D eigenvalue weighted by atomic mass is 10.0. The van der Waals surface area contributed by atoms with Gasteiger partial charge in [0.1, 0.15) is 0 Å². The molecule has 1 amide bonds. The molecule has 1 aromatic carbocycles. The van der Waals surface area contributed by atoms with Crippen molar-refractivity contribution < 1.29 is 4.79 Å². The van der Waals surface area contributed by atoms with Crippen molar-refractivity contribution in [1.82, 2.24) is 9.78 Å². The van der Waals surface area contributed by atoms with Crippen molar-refractivity contribution in [1.29, 1.82) is 0 Å². The van der Waals surface area contributed by atoms with Crippen LogP contribution in [0.1, 0.15) is 35.8 Å². The molecule has 0 atom stereocenters. The molecular formula is C14H17N3O. The van der Waals surface area contributed by atoms with Crippen molar-refractivity contribution in [3.05, 3.63) is 41.7 Å². The van der Waals surface area contributed by atoms with Crippen LogP contribution in [0.5, 0.6) is 0 Å². The summed E-state index contributed by atoms with van der Waals surface area (Å²) in [4.78, 5) is 11.3. The Morgan fingerprint density at radius 2 is 2.06 bits per heavy atom. The van der Waals surface area contributed by atoms with E-state index in [2.05, 4.69) is 18.9 Å². The summed E-state index contributed by atoms with van der Waals surface area (Å²) in [6, 6.07) is 6.02. The fourth-order valence-corrected chi connectivity index (χ4v) is 1.84. The average molecular weight is 243 g/mol. The maximum atomic E-state index is 11.3. The Bertz CT molecular complexity index is 584. The average Bonchev–Trinajstić information content (AvgIpc) is 2.78. The molecule has 4 nitrogen and oxygen atoms in total. The number of benzene rings is 1. The van der Waals surface area contributed by atoms with Crippen LogP contribution in [0.3, 0.4) is 0 Å². The van der Waals surface area contributed by atoms with Gasteiger partial charge in [0.15, 0.2) is 0 Å². The van der Waals surface area contributed by atoms with Gasteiger partial charge < -0.3 is 5.73 Å². The second-order valence-electron chi connectivity index (χ2n) is 4.70. The highest BCUT2D eigenvalue weighted by Gasteiger charge is 2.09. The van der Waals surface area contributed by atoms with Gasteiger partial charge in [-0.3, -0.25) is 9.48 Å². The third-order valence-electron chi connectivity index (χ3n) is 2.97. The molecule has 18 heavy (non-hydrogen) atoms. The molecule has 0 bridgehead atoms. The first-order valence-corrected chi connectivity index (χ1v) is 5.94. The lowest BCUT2D eigenvalue weighted by molar-refractivity contribution is 0.1000. The molecule has 2 aromatic rings. The molecule has 0 aliphatic carbocycles. The molecule has 0 aliphatic heterocycles. The second-order valence-corrected chi connectivity index (χ2v) is 4.70. The zero-order chi connectivity index (χ0) is 13.3. The Labute approximate surface area is 106 Å². The molecule has 0 unspecified atom stereocenters. The van der Waals surface area contributed by atoms with Gasteiger partial charge in [0, 0.05) is 23.4 Å². The standard InChI is InChI=1S/C14H17N3O/c1-9(2)17-8-12(7-16-17)11-5-4-10(3)13(6-11)14(15)18/h4-9H,1-3H3,(H2,15,18). The number of nitrogens with zero attached hydrogens (tertiary/aromatic N) is 2. The first-order chi connectivity index (χ1) is 8.49. The van der Waals surface area contributed by atoms with Crippen molar-refractivity contribution in [3.8, 4) is 11.1 Å². The predicted molar refractivity (Wildman–Crippen MR) is 71.3 cm³/mol. The Balaban J connectivity index is 2.44. The van der Waals surface area contributed by atoms with Crippen LogP contribution in [-0.2, 0) is 0 Å². The van der Waals surface area contributed by atoms with Crippen LogP contribution in [0, 0.1) is 6.92 Å². The van der Waals surface area contributed by atoms with Crippen LogP contribution in [0.4, 0.5) is 0 Å². The van der Waals surface area contributed by atoms with E-state index in [1.54, 1.807) is 6.20 Å². The summed E-state index contributed by atoms with van der Waals surface area (Å²) < 4.78 is 1.89. The van der Waals surface area contributed by atoms with Crippen molar-refractivity contribution in [2.24, 2.45) is 5.73 Å². The highest BCUT2D eigenvalue weighted by Crippen LogP contribution is 2.22. The molecule has 0 fully saturated rings. The molecule has 0 radical (unpaired) electrons. The van der Waals surface area contributed by atoms with Gasteiger partial charge in [0.2, 0.25) is 5.91 Å². The van der Waals surface area contributed by atoms with Crippen molar-refractivity contribution in [2.75, 3.05) is 0 Å². The van der Waals surface area contributed by atoms with E-state index in [1.807, 2.05) is 36.0 Å². The molecule has 2 rings (SSSR count). The zero-order valence-corrected chi connectivity index (χ0v) is 10.8. The number of rotatable bonds is 3. The van der Waals surface area contributed by atoms with Crippen molar-refractivity contribution >= 4 is 5.91 Å². The minimum Gasteiger partial charge on any atom is -0.366 e. The number of amides is 1. The molecule has 0 saturated heterocycles. The van der Waals surface area contributed by atoms with E-state index in [4.69, 9.17) is 5.73 Å². The third kappa shape index (κ3) is 2.27. The zero-order valence-electron chi connectivity index (χ0n) is 10.8. The smallest absolute Gasteiger partial charge is 0.248 e. The predicted octanol–water partition coefficient (Wildman–Crippen LogP) is 2.54. The molecule has 0 spiro atoms. The lowest BCUT2D eigenvalue weighted by Crippen LogP contribution is -2.12. The Hall–Kier alpha value is -2.10. The number of primary amides is 1. The van der Waals surface area contributed by atoms with Gasteiger partial charge in [-0.1, -0.05) is 12.1 Å². The SMILES string of the molecule is Cc1ccc(-c2cnn(C(C)C)c2)cc1C(N)=O. The van der Waals surface area contributed by atoms with E-state index >= 15 is 0 Å². The summed E-state index contributed by atoms with van der Waals surface area (Å²) in [6.07, 6.45) is 3.77. The van der Waals surface area contributed by atoms with Crippen LogP contribution in [0.25, 0.3) is 11.1 Å². The highest BCUT2D eigenvalue weighted by atomic mass is 16.1. The van der Waals surface area contributed by atoms with E-state index in [1.165, 1.54) is 0 Å². The molecule has 1 heterocycles. The van der Waals surface area contributed by atoms with Gasteiger partial charge >= 0.3 is 0 Å². The number of hydrogen-bond acceptors (Lipinski definition) is 2. The first kappa shape index (κ1) is 12.4. The van der Waals surface area contributed by atoms with E-state index < -0.39 is 5.91 Å². The molecule has 1 aromatic heterocycles. The molecule has 0 aliphatic rings. The Morgan fingerprint density at radius 1 is 1.33 bits per heavy atom. The summed E-state index contributed by atoms with van der Waals surface area (Å²) in [6.45, 7) is 6.02. The Kier molecular flexibility index (Phi) is 3.19. The Morgan fingerprint density at radius 3 is 2.61 bits per heavy atom. The maximum Gasteiger partial charge on any atom is 0.248 e. The van der Waals surface area contributed by atoms with Crippen molar-refractivity contribution in [3.63, 3.8) is 0 Å². The molecule has 4 heteroatoms. The number of carbonyl (C=O) groups is 1. The van der Waals surface area contributed by atoms with Gasteiger partial charge in [-0.2, -0.15) is 5.10 Å². The normalized spacial score (nSPS) is 10.9. The number of aromatic nitrogens is 2. The number of carbonyl (C=O) groups excluding carboxylic acids is 1. The second kappa shape index (κ2) is 4.64. The largest absolute Gasteiger partial charge is 0.366 e. The topological polar surface area (TPSA) is 60.9 Å². The van der Waals surface area contributed by atoms with Gasteiger partial charge in [0.25, 0.3) is 0 Å². The first-order valence-electron chi connectivity index (χ1n) is 5.94. The highest BCUT2D eigenvalue weighted by molar-refractivity contribution is 5.95. The maximum absolute atomic E-state index is 11.3. The van der Waals surface area contributed by atoms with Gasteiger partial charge in [0.05, 0.1) is 6.20 Å². The van der Waals surface area contributed by atoms with Crippen LogP contribution in [-0.4, -0.2) is 15.7 Å². The molecular weight excluding hydrogens is 226 g/mol. The summed E-state index contributed by atoms with van der Waals surface area (Å²) in [5.41, 5.74) is 8.76. The van der Waals surface area contributed by atoms with E-state index in [9.17, 15) is 4.79 Å². The fraction of sp³-hybridized carbons (Fsp3) is 0.286. The van der Waals surface area contributed by atoms with E-state index in [-0.39, 0.29) is 0 Å². The van der Waals surface area contributed by atoms with Crippen LogP contribution in [0.15, 0.2) is 30.6 Å². The summed E-state index contributed by atoms with van der Waals surface area (Å²) in [7, 11) is 0. The molecule has 94 valence electrons. The minimum absolute atomic E-state index is 0.319. The molecule has 0 saturated carbocycles. The van der Waals surface area contributed by atoms with E-state index in [0.29, 0.717) is 11.6 Å². The summed E-state index contributed by atoms with van der Waals surface area (Å²) >= 11 is 0. The number of nitrogens with two attached hydrogens (primary N) is 1. The van der Waals surface area contributed by atoms with Gasteiger partial charge in [-0.15, -0.1) is 0 Å². The van der Waals surface area contributed by atoms with Crippen LogP contribution < -0.4 is 5.73 Å². The van der Waals surface area contributed by atoms with Gasteiger partial charge in [-0.25, -0.2) is 0 Å². The van der Waals surface area contributed by atoms with Crippen LogP contribution in [0.2, 0.25) is 0 Å². The fourth-order valence-electron chi connectivity index (χ4n) is 1.84. The van der Waals surface area contributed by atoms with Gasteiger partial charge in [-0.05, 0) is 38.0 Å². The summed E-state index contributed by atoms with van der Waals surface area (Å²) in [5, 5.41) is 4.29. The lowest BCUT2D eigenvalue weighted by Gasteiger charge is -2.05. The number of aryl methyl sites for hydroxylation is 1. The molecule has 2 N–H and O–H groups in total. The number of hydrogen-bond donors (Lipinski definition) is 1. The monoisotopic (exact) mass is 243 g/mol. The van der Waals surface area contributed by atoms with Crippen molar-refractivity contribution in [2.45, 2.75) is 26.8 Å². The minimum atomic E-state index is -0.398. The quantitative estimate of drug-likeness (QED) is 0.900. The third-order valence-corrected chi connectivity index (χ3v) is 2.97. The summed E-state index contributed by atoms with van der Waals surface area (Å²) in [5.74, 6) is -0.398. The van der Waals surface area contributed by atoms with Crippen LogP contribution >= 0.6 is 0 Å².